The van der Waals surface area contributed by atoms with Gasteiger partial charge in [-0.2, -0.15) is 28.1 Å². The lowest BCUT2D eigenvalue weighted by Crippen LogP contribution is -2.24. The van der Waals surface area contributed by atoms with Crippen LogP contribution in [-0.2, 0) is 6.54 Å². The fourth-order valence-electron chi connectivity index (χ4n) is 4.22. The molecule has 13 heteroatoms. The zero-order valence-corrected chi connectivity index (χ0v) is 25.8. The van der Waals surface area contributed by atoms with Crippen LogP contribution < -0.4 is 26.0 Å². The van der Waals surface area contributed by atoms with Crippen LogP contribution >= 0.6 is 0 Å². The highest BCUT2D eigenvalue weighted by molar-refractivity contribution is 5.94. The molecule has 3 rings (SSSR count). The number of aromatic nitrogens is 3. The standard InChI is InChI=1S/C32H42F3N7O3/c1-3-5-6-7-8-9-10-20-37-28(44)25-15-17-26(18-16-25)39-30-40-29(41-31(42-30)45-22-32(33,34)35)38-21-23-11-13-24(14-12-23)27(43)36-19-4-2/h11-18H,3-10,19-22H2,1-2H3,(H,36,43)(H,37,44)(H2,38,39,40,41,42). The third-order valence-corrected chi connectivity index (χ3v) is 6.65. The van der Waals surface area contributed by atoms with Crippen molar-refractivity contribution in [2.75, 3.05) is 30.3 Å². The maximum atomic E-state index is 12.8. The van der Waals surface area contributed by atoms with Gasteiger partial charge in [-0.1, -0.05) is 64.5 Å². The Labute approximate surface area is 262 Å². The number of hydrogen-bond donors (Lipinski definition) is 4. The molecule has 0 saturated heterocycles. The molecule has 0 saturated carbocycles. The van der Waals surface area contributed by atoms with Crippen molar-refractivity contribution in [3.63, 3.8) is 0 Å². The third kappa shape index (κ3) is 13.4. The van der Waals surface area contributed by atoms with Gasteiger partial charge in [-0.15, -0.1) is 0 Å². The molecule has 3 aromatic rings. The predicted molar refractivity (Wildman–Crippen MR) is 168 cm³/mol. The number of benzene rings is 2. The molecule has 0 radical (unpaired) electrons. The van der Waals surface area contributed by atoms with E-state index in [1.807, 2.05) is 6.92 Å². The second-order valence-corrected chi connectivity index (χ2v) is 10.6. The minimum atomic E-state index is -4.58. The average Bonchev–Trinajstić information content (AvgIpc) is 3.03. The van der Waals surface area contributed by atoms with E-state index < -0.39 is 18.8 Å². The predicted octanol–water partition coefficient (Wildman–Crippen LogP) is 6.79. The topological polar surface area (TPSA) is 130 Å². The van der Waals surface area contributed by atoms with Gasteiger partial charge in [0.15, 0.2) is 6.61 Å². The number of amides is 2. The van der Waals surface area contributed by atoms with Crippen LogP contribution in [0, 0.1) is 0 Å². The van der Waals surface area contributed by atoms with Crippen molar-refractivity contribution in [2.24, 2.45) is 0 Å². The summed E-state index contributed by atoms with van der Waals surface area (Å²) < 4.78 is 43.2. The second kappa shape index (κ2) is 18.4. The number of hydrogen-bond acceptors (Lipinski definition) is 8. The van der Waals surface area contributed by atoms with Gasteiger partial charge < -0.3 is 26.0 Å². The lowest BCUT2D eigenvalue weighted by Gasteiger charge is -2.12. The monoisotopic (exact) mass is 629 g/mol. The van der Waals surface area contributed by atoms with Crippen LogP contribution in [0.3, 0.4) is 0 Å². The fourth-order valence-corrected chi connectivity index (χ4v) is 4.22. The lowest BCUT2D eigenvalue weighted by atomic mass is 10.1. The quantitative estimate of drug-likeness (QED) is 0.107. The molecular weight excluding hydrogens is 587 g/mol. The maximum Gasteiger partial charge on any atom is 0.422 e. The van der Waals surface area contributed by atoms with E-state index >= 15 is 0 Å². The number of carbonyl (C=O) groups excluding carboxylic acids is 2. The van der Waals surface area contributed by atoms with E-state index in [0.29, 0.717) is 29.9 Å². The van der Waals surface area contributed by atoms with Crippen molar-refractivity contribution in [1.82, 2.24) is 25.6 Å². The first kappa shape index (κ1) is 35.1. The summed E-state index contributed by atoms with van der Waals surface area (Å²) in [6, 6.07) is 12.9. The molecule has 0 spiro atoms. The van der Waals surface area contributed by atoms with E-state index in [1.165, 1.54) is 32.1 Å². The fraction of sp³-hybridized carbons (Fsp3) is 0.469. The maximum absolute atomic E-state index is 12.8. The summed E-state index contributed by atoms with van der Waals surface area (Å²) in [4.78, 5) is 36.8. The van der Waals surface area contributed by atoms with E-state index in [0.717, 1.165) is 24.8 Å². The van der Waals surface area contributed by atoms with Crippen LogP contribution in [0.2, 0.25) is 0 Å². The molecule has 0 atom stereocenters. The van der Waals surface area contributed by atoms with Crippen LogP contribution in [0.4, 0.5) is 30.8 Å². The van der Waals surface area contributed by atoms with Crippen LogP contribution in [-0.4, -0.2) is 52.6 Å². The van der Waals surface area contributed by atoms with Gasteiger partial charge in [0.25, 0.3) is 11.8 Å². The highest BCUT2D eigenvalue weighted by Crippen LogP contribution is 2.21. The van der Waals surface area contributed by atoms with Crippen molar-refractivity contribution in [1.29, 1.82) is 0 Å². The molecule has 0 fully saturated rings. The van der Waals surface area contributed by atoms with Crippen LogP contribution in [0.15, 0.2) is 48.5 Å². The number of carbonyl (C=O) groups is 2. The minimum absolute atomic E-state index is 0.0178. The third-order valence-electron chi connectivity index (χ3n) is 6.65. The van der Waals surface area contributed by atoms with Gasteiger partial charge in [0, 0.05) is 36.4 Å². The first-order chi connectivity index (χ1) is 21.7. The Bertz CT molecular complexity index is 1340. The molecule has 244 valence electrons. The molecule has 0 aliphatic heterocycles. The first-order valence-electron chi connectivity index (χ1n) is 15.4. The number of rotatable bonds is 19. The van der Waals surface area contributed by atoms with Crippen LogP contribution in [0.5, 0.6) is 6.01 Å². The van der Waals surface area contributed by atoms with Crippen molar-refractivity contribution < 1.29 is 27.5 Å². The summed E-state index contributed by atoms with van der Waals surface area (Å²) >= 11 is 0. The average molecular weight is 630 g/mol. The second-order valence-electron chi connectivity index (χ2n) is 10.6. The molecule has 1 aromatic heterocycles. The Balaban J connectivity index is 1.60. The molecule has 0 aliphatic rings. The summed E-state index contributed by atoms with van der Waals surface area (Å²) in [5, 5.41) is 11.6. The molecule has 2 amide bonds. The molecule has 0 bridgehead atoms. The van der Waals surface area contributed by atoms with E-state index in [2.05, 4.69) is 43.1 Å². The zero-order valence-electron chi connectivity index (χ0n) is 25.8. The Morgan fingerprint density at radius 3 is 1.91 bits per heavy atom. The van der Waals surface area contributed by atoms with E-state index in [4.69, 9.17) is 4.74 Å². The lowest BCUT2D eigenvalue weighted by molar-refractivity contribution is -0.154. The van der Waals surface area contributed by atoms with E-state index in [9.17, 15) is 22.8 Å². The molecule has 4 N–H and O–H groups in total. The molecule has 10 nitrogen and oxygen atoms in total. The summed E-state index contributed by atoms with van der Waals surface area (Å²) in [6.45, 7) is 3.99. The number of unbranched alkanes of at least 4 members (excludes halogenated alkanes) is 6. The highest BCUT2D eigenvalue weighted by Gasteiger charge is 2.29. The Kier molecular flexibility index (Phi) is 14.3. The first-order valence-corrected chi connectivity index (χ1v) is 15.4. The van der Waals surface area contributed by atoms with Gasteiger partial charge >= 0.3 is 12.2 Å². The molecule has 45 heavy (non-hydrogen) atoms. The number of nitrogens with zero attached hydrogens (tertiary/aromatic N) is 3. The SMILES string of the molecule is CCCCCCCCCNC(=O)c1ccc(Nc2nc(NCc3ccc(C(=O)NCCC)cc3)nc(OCC(F)(F)F)n2)cc1. The number of halogens is 3. The summed E-state index contributed by atoms with van der Waals surface area (Å²) in [5.41, 5.74) is 2.29. The van der Waals surface area contributed by atoms with Crippen LogP contribution in [0.25, 0.3) is 0 Å². The zero-order chi connectivity index (χ0) is 32.5. The van der Waals surface area contributed by atoms with Crippen molar-refractivity contribution in [2.45, 2.75) is 77.9 Å². The molecule has 1 heterocycles. The Morgan fingerprint density at radius 1 is 0.711 bits per heavy atom. The summed E-state index contributed by atoms with van der Waals surface area (Å²) in [6.07, 6.45) is 4.37. The Hall–Kier alpha value is -4.42. The van der Waals surface area contributed by atoms with Gasteiger partial charge in [-0.3, -0.25) is 9.59 Å². The smallest absolute Gasteiger partial charge is 0.422 e. The van der Waals surface area contributed by atoms with Crippen molar-refractivity contribution in [3.05, 3.63) is 65.2 Å². The van der Waals surface area contributed by atoms with Gasteiger partial charge in [0.2, 0.25) is 11.9 Å². The Morgan fingerprint density at radius 2 is 1.29 bits per heavy atom. The summed E-state index contributed by atoms with van der Waals surface area (Å²) in [5.74, 6) is -0.427. The van der Waals surface area contributed by atoms with Crippen LogP contribution in [0.1, 0.15) is 91.5 Å². The number of anilines is 3. The largest absolute Gasteiger partial charge is 0.454 e. The number of nitrogens with one attached hydrogen (secondary N) is 4. The number of alkyl halides is 3. The van der Waals surface area contributed by atoms with E-state index in [-0.39, 0.29) is 30.3 Å². The molecule has 0 aliphatic carbocycles. The minimum Gasteiger partial charge on any atom is -0.454 e. The number of ether oxygens (including phenoxy) is 1. The molecule has 0 unspecified atom stereocenters. The normalized spacial score (nSPS) is 11.1. The van der Waals surface area contributed by atoms with Gasteiger partial charge in [-0.25, -0.2) is 0 Å². The molecule has 2 aromatic carbocycles. The van der Waals surface area contributed by atoms with Gasteiger partial charge in [0.05, 0.1) is 0 Å². The van der Waals surface area contributed by atoms with Crippen molar-refractivity contribution in [3.8, 4) is 6.01 Å². The summed E-state index contributed by atoms with van der Waals surface area (Å²) in [7, 11) is 0. The van der Waals surface area contributed by atoms with Gasteiger partial charge in [-0.05, 0) is 54.8 Å². The molecular formula is C32H42F3N7O3. The van der Waals surface area contributed by atoms with Gasteiger partial charge in [0.1, 0.15) is 0 Å². The van der Waals surface area contributed by atoms with Crippen molar-refractivity contribution >= 4 is 29.4 Å². The van der Waals surface area contributed by atoms with E-state index in [1.54, 1.807) is 48.5 Å². The highest BCUT2D eigenvalue weighted by atomic mass is 19.4.